The van der Waals surface area contributed by atoms with E-state index in [1.54, 1.807) is 11.3 Å². The number of hydrogen-bond acceptors (Lipinski definition) is 5. The van der Waals surface area contributed by atoms with Gasteiger partial charge in [-0.25, -0.2) is 4.98 Å². The number of hydrogen-bond donors (Lipinski definition) is 0. The van der Waals surface area contributed by atoms with Crippen molar-refractivity contribution in [1.82, 2.24) is 9.97 Å². The molecule has 1 aliphatic heterocycles. The maximum Gasteiger partial charge on any atom is 0.496 e. The minimum Gasteiger partial charge on any atom is -0.399 e. The zero-order valence-corrected chi connectivity index (χ0v) is 13.8. The number of aromatic nitrogens is 2. The topological polar surface area (TPSA) is 44.2 Å². The van der Waals surface area contributed by atoms with Crippen molar-refractivity contribution in [2.24, 2.45) is 0 Å². The number of thiazole rings is 1. The van der Waals surface area contributed by atoms with Crippen molar-refractivity contribution in [3.63, 3.8) is 0 Å². The smallest absolute Gasteiger partial charge is 0.399 e. The summed E-state index contributed by atoms with van der Waals surface area (Å²) in [5.41, 5.74) is 1.16. The maximum absolute atomic E-state index is 6.02. The van der Waals surface area contributed by atoms with Crippen molar-refractivity contribution in [1.29, 1.82) is 0 Å². The van der Waals surface area contributed by atoms with E-state index >= 15 is 0 Å². The van der Waals surface area contributed by atoms with Gasteiger partial charge in [0.2, 0.25) is 0 Å². The summed E-state index contributed by atoms with van der Waals surface area (Å²) >= 11 is 1.64. The lowest BCUT2D eigenvalue weighted by Crippen LogP contribution is -2.41. The SMILES string of the molecule is Cc1cnc(-c2ccc(B3OC(C)(C)C(C)(C)O3)cn2)s1. The first-order valence-electron chi connectivity index (χ1n) is 7.03. The van der Waals surface area contributed by atoms with Gasteiger partial charge >= 0.3 is 7.12 Å². The van der Waals surface area contributed by atoms with Crippen molar-refractivity contribution in [3.8, 4) is 10.7 Å². The molecule has 110 valence electrons. The van der Waals surface area contributed by atoms with E-state index in [-0.39, 0.29) is 18.3 Å². The molecule has 3 rings (SSSR count). The van der Waals surface area contributed by atoms with Crippen molar-refractivity contribution in [2.75, 3.05) is 0 Å². The van der Waals surface area contributed by atoms with Gasteiger partial charge in [0.05, 0.1) is 16.9 Å². The molecule has 0 spiro atoms. The molecule has 0 bridgehead atoms. The lowest BCUT2D eigenvalue weighted by atomic mass is 9.80. The van der Waals surface area contributed by atoms with Crippen LogP contribution in [0.1, 0.15) is 32.6 Å². The van der Waals surface area contributed by atoms with E-state index in [4.69, 9.17) is 9.31 Å². The van der Waals surface area contributed by atoms with Crippen LogP contribution in [0.25, 0.3) is 10.7 Å². The molecule has 4 nitrogen and oxygen atoms in total. The Hall–Kier alpha value is -1.24. The largest absolute Gasteiger partial charge is 0.496 e. The number of nitrogens with zero attached hydrogens (tertiary/aromatic N) is 2. The molecule has 3 heterocycles. The summed E-state index contributed by atoms with van der Waals surface area (Å²) in [4.78, 5) is 10.0. The van der Waals surface area contributed by atoms with Gasteiger partial charge in [0, 0.05) is 22.7 Å². The monoisotopic (exact) mass is 302 g/mol. The third kappa shape index (κ3) is 2.63. The van der Waals surface area contributed by atoms with E-state index in [1.807, 2.05) is 59.1 Å². The highest BCUT2D eigenvalue weighted by atomic mass is 32.1. The van der Waals surface area contributed by atoms with E-state index in [0.717, 1.165) is 16.2 Å². The van der Waals surface area contributed by atoms with Crippen molar-refractivity contribution in [2.45, 2.75) is 45.8 Å². The number of aryl methyl sites for hydroxylation is 1. The average Bonchev–Trinajstić information content (AvgIpc) is 2.92. The van der Waals surface area contributed by atoms with E-state index in [0.29, 0.717) is 0 Å². The van der Waals surface area contributed by atoms with Gasteiger partial charge in [0.25, 0.3) is 0 Å². The quantitative estimate of drug-likeness (QED) is 0.800. The Balaban J connectivity index is 1.83. The van der Waals surface area contributed by atoms with Crippen molar-refractivity contribution >= 4 is 23.9 Å². The Bertz CT molecular complexity index is 636. The summed E-state index contributed by atoms with van der Waals surface area (Å²) in [6.07, 6.45) is 3.68. The fraction of sp³-hybridized carbons (Fsp3) is 0.467. The molecular formula is C15H19BN2O2S. The fourth-order valence-electron chi connectivity index (χ4n) is 2.12. The van der Waals surface area contributed by atoms with Crippen LogP contribution in [-0.4, -0.2) is 28.3 Å². The van der Waals surface area contributed by atoms with Gasteiger partial charge in [0.1, 0.15) is 5.01 Å². The summed E-state index contributed by atoms with van der Waals surface area (Å²) < 4.78 is 12.0. The van der Waals surface area contributed by atoms with Crippen LogP contribution < -0.4 is 5.46 Å². The molecule has 0 aromatic carbocycles. The third-order valence-electron chi connectivity index (χ3n) is 4.15. The van der Waals surface area contributed by atoms with Crippen LogP contribution in [0, 0.1) is 6.92 Å². The van der Waals surface area contributed by atoms with Gasteiger partial charge in [-0.1, -0.05) is 6.07 Å². The van der Waals surface area contributed by atoms with E-state index in [1.165, 1.54) is 4.88 Å². The van der Waals surface area contributed by atoms with Gasteiger partial charge in [-0.2, -0.15) is 0 Å². The van der Waals surface area contributed by atoms with Crippen molar-refractivity contribution < 1.29 is 9.31 Å². The van der Waals surface area contributed by atoms with Crippen LogP contribution in [0.2, 0.25) is 0 Å². The maximum atomic E-state index is 6.02. The minimum absolute atomic E-state index is 0.331. The molecule has 0 atom stereocenters. The van der Waals surface area contributed by atoms with Crippen LogP contribution >= 0.6 is 11.3 Å². The Morgan fingerprint density at radius 3 is 2.14 bits per heavy atom. The molecule has 1 saturated heterocycles. The summed E-state index contributed by atoms with van der Waals surface area (Å²) in [5.74, 6) is 0. The summed E-state index contributed by atoms with van der Waals surface area (Å²) in [7, 11) is -0.366. The van der Waals surface area contributed by atoms with Crippen LogP contribution in [0.15, 0.2) is 24.5 Å². The predicted molar refractivity (Wildman–Crippen MR) is 85.8 cm³/mol. The van der Waals surface area contributed by atoms with Gasteiger partial charge in [-0.15, -0.1) is 11.3 Å². The first-order chi connectivity index (χ1) is 9.78. The lowest BCUT2D eigenvalue weighted by Gasteiger charge is -2.32. The molecule has 0 aliphatic carbocycles. The molecule has 1 aliphatic rings. The zero-order chi connectivity index (χ0) is 15.3. The normalized spacial score (nSPS) is 20.0. The average molecular weight is 302 g/mol. The zero-order valence-electron chi connectivity index (χ0n) is 13.0. The minimum atomic E-state index is -0.366. The Labute approximate surface area is 129 Å². The number of rotatable bonds is 2. The Morgan fingerprint density at radius 1 is 1.00 bits per heavy atom. The van der Waals surface area contributed by atoms with Crippen LogP contribution in [0.3, 0.4) is 0 Å². The molecule has 0 N–H and O–H groups in total. The molecule has 21 heavy (non-hydrogen) atoms. The molecule has 0 unspecified atom stereocenters. The summed E-state index contributed by atoms with van der Waals surface area (Å²) in [5, 5.41) is 0.938. The number of pyridine rings is 1. The van der Waals surface area contributed by atoms with Crippen LogP contribution in [-0.2, 0) is 9.31 Å². The van der Waals surface area contributed by atoms with Gasteiger partial charge < -0.3 is 9.31 Å². The molecular weight excluding hydrogens is 283 g/mol. The molecule has 0 saturated carbocycles. The highest BCUT2D eigenvalue weighted by molar-refractivity contribution is 7.14. The van der Waals surface area contributed by atoms with E-state index < -0.39 is 0 Å². The van der Waals surface area contributed by atoms with Gasteiger partial charge in [-0.3, -0.25) is 4.98 Å². The van der Waals surface area contributed by atoms with Gasteiger partial charge in [0.15, 0.2) is 0 Å². The second-order valence-electron chi connectivity index (χ2n) is 6.34. The summed E-state index contributed by atoms with van der Waals surface area (Å²) in [6, 6.07) is 3.97. The third-order valence-corrected chi connectivity index (χ3v) is 5.09. The Morgan fingerprint density at radius 2 is 1.67 bits per heavy atom. The molecule has 6 heteroatoms. The fourth-order valence-corrected chi connectivity index (χ4v) is 2.86. The standard InChI is InChI=1S/C15H19BN2O2S/c1-10-8-18-13(21-10)12-7-6-11(9-17-12)16-19-14(2,3)15(4,5)20-16/h6-9H,1-5H3. The Kier molecular flexibility index (Phi) is 3.43. The summed E-state index contributed by atoms with van der Waals surface area (Å²) in [6.45, 7) is 10.2. The lowest BCUT2D eigenvalue weighted by molar-refractivity contribution is 0.00578. The molecule has 2 aromatic heterocycles. The van der Waals surface area contributed by atoms with Crippen LogP contribution in [0.5, 0.6) is 0 Å². The first-order valence-corrected chi connectivity index (χ1v) is 7.84. The molecule has 0 amide bonds. The highest BCUT2D eigenvalue weighted by Gasteiger charge is 2.51. The first kappa shape index (κ1) is 14.7. The van der Waals surface area contributed by atoms with E-state index in [9.17, 15) is 0 Å². The van der Waals surface area contributed by atoms with Crippen LogP contribution in [0.4, 0.5) is 0 Å². The molecule has 2 aromatic rings. The van der Waals surface area contributed by atoms with Gasteiger partial charge in [-0.05, 0) is 40.7 Å². The second-order valence-corrected chi connectivity index (χ2v) is 7.58. The highest BCUT2D eigenvalue weighted by Crippen LogP contribution is 2.36. The van der Waals surface area contributed by atoms with Crippen molar-refractivity contribution in [3.05, 3.63) is 29.4 Å². The molecule has 1 fully saturated rings. The van der Waals surface area contributed by atoms with E-state index in [2.05, 4.69) is 9.97 Å². The molecule has 0 radical (unpaired) electrons. The predicted octanol–water partition coefficient (Wildman–Crippen LogP) is 2.81. The second kappa shape index (κ2) is 4.90.